The number of carbonyl (C=O) groups excluding carboxylic acids is 1. The average Bonchev–Trinajstić information content (AvgIpc) is 2.94. The zero-order chi connectivity index (χ0) is 15.1. The van der Waals surface area contributed by atoms with Gasteiger partial charge in [-0.3, -0.25) is 0 Å². The molecule has 0 radical (unpaired) electrons. The molecular formula is C17H16N2O3. The van der Waals surface area contributed by atoms with E-state index in [1.807, 2.05) is 24.3 Å². The van der Waals surface area contributed by atoms with E-state index in [-0.39, 0.29) is 11.9 Å². The predicted molar refractivity (Wildman–Crippen MR) is 84.4 cm³/mol. The van der Waals surface area contributed by atoms with Crippen LogP contribution in [-0.4, -0.2) is 26.2 Å². The van der Waals surface area contributed by atoms with Crippen molar-refractivity contribution in [2.75, 3.05) is 20.2 Å². The molecule has 0 unspecified atom stereocenters. The van der Waals surface area contributed by atoms with Gasteiger partial charge in [-0.1, -0.05) is 24.3 Å². The number of benzene rings is 2. The minimum Gasteiger partial charge on any atom is -0.493 e. The Hall–Kier alpha value is -2.69. The second kappa shape index (κ2) is 4.94. The fourth-order valence-corrected chi connectivity index (χ4v) is 3.12. The highest BCUT2D eigenvalue weighted by Crippen LogP contribution is 2.39. The third kappa shape index (κ3) is 1.89. The molecule has 112 valence electrons. The Morgan fingerprint density at radius 1 is 1.14 bits per heavy atom. The third-order valence-corrected chi connectivity index (χ3v) is 4.20. The van der Waals surface area contributed by atoms with Crippen LogP contribution in [0.25, 0.3) is 21.9 Å². The van der Waals surface area contributed by atoms with Gasteiger partial charge in [-0.25, -0.2) is 4.79 Å². The summed E-state index contributed by atoms with van der Waals surface area (Å²) in [7, 11) is 1.64. The smallest absolute Gasteiger partial charge is 0.314 e. The number of rotatable bonds is 2. The second-order valence-corrected chi connectivity index (χ2v) is 5.45. The lowest BCUT2D eigenvalue weighted by atomic mass is 9.93. The summed E-state index contributed by atoms with van der Waals surface area (Å²) >= 11 is 0. The van der Waals surface area contributed by atoms with E-state index < -0.39 is 0 Å². The van der Waals surface area contributed by atoms with Crippen LogP contribution in [0.2, 0.25) is 0 Å². The van der Waals surface area contributed by atoms with Crippen molar-refractivity contribution >= 4 is 28.0 Å². The molecule has 0 atom stereocenters. The third-order valence-electron chi connectivity index (χ3n) is 4.20. The van der Waals surface area contributed by atoms with Crippen LogP contribution in [-0.2, 0) is 0 Å². The number of amides is 2. The van der Waals surface area contributed by atoms with Crippen molar-refractivity contribution in [3.05, 3.63) is 42.0 Å². The first-order chi connectivity index (χ1) is 10.8. The van der Waals surface area contributed by atoms with Gasteiger partial charge in [0.05, 0.1) is 7.11 Å². The molecule has 1 aliphatic rings. The van der Waals surface area contributed by atoms with Gasteiger partial charge in [0.25, 0.3) is 0 Å². The molecule has 0 bridgehead atoms. The van der Waals surface area contributed by atoms with Gasteiger partial charge in [-0.2, -0.15) is 0 Å². The molecule has 22 heavy (non-hydrogen) atoms. The van der Waals surface area contributed by atoms with Crippen LogP contribution in [0, 0.1) is 0 Å². The van der Waals surface area contributed by atoms with Crippen LogP contribution in [0.5, 0.6) is 5.75 Å². The van der Waals surface area contributed by atoms with Crippen LogP contribution in [0.15, 0.2) is 40.8 Å². The fraction of sp³-hybridized carbons (Fsp3) is 0.235. The Morgan fingerprint density at radius 3 is 2.68 bits per heavy atom. The standard InChI is InChI=1S/C17H16N2O3/c1-21-14-7-6-11(10-8-18-17(20)19-9-10)15-12-4-2-3-5-13(12)22-16(14)15/h2-7,10H,8-9H2,1H3,(H2,18,19,20). The molecule has 2 heterocycles. The lowest BCUT2D eigenvalue weighted by Gasteiger charge is -2.24. The van der Waals surface area contributed by atoms with E-state index >= 15 is 0 Å². The first kappa shape index (κ1) is 13.0. The molecule has 5 heteroatoms. The maximum atomic E-state index is 11.3. The minimum atomic E-state index is -0.113. The molecule has 0 spiro atoms. The van der Waals surface area contributed by atoms with E-state index in [0.717, 1.165) is 33.3 Å². The van der Waals surface area contributed by atoms with E-state index in [1.165, 1.54) is 0 Å². The van der Waals surface area contributed by atoms with Crippen LogP contribution in [0.3, 0.4) is 0 Å². The molecule has 5 nitrogen and oxygen atoms in total. The summed E-state index contributed by atoms with van der Waals surface area (Å²) in [6, 6.07) is 11.8. The summed E-state index contributed by atoms with van der Waals surface area (Å²) in [5.74, 6) is 0.926. The lowest BCUT2D eigenvalue weighted by Crippen LogP contribution is -2.47. The highest BCUT2D eigenvalue weighted by molar-refractivity contribution is 6.09. The van der Waals surface area contributed by atoms with Crippen molar-refractivity contribution in [2.24, 2.45) is 0 Å². The molecule has 1 aliphatic heterocycles. The Morgan fingerprint density at radius 2 is 1.91 bits per heavy atom. The number of nitrogens with one attached hydrogen (secondary N) is 2. The highest BCUT2D eigenvalue weighted by atomic mass is 16.5. The molecule has 4 rings (SSSR count). The number of methoxy groups -OCH3 is 1. The summed E-state index contributed by atoms with van der Waals surface area (Å²) in [5, 5.41) is 7.84. The van der Waals surface area contributed by atoms with Gasteiger partial charge in [-0.15, -0.1) is 0 Å². The van der Waals surface area contributed by atoms with Gasteiger partial charge in [0.1, 0.15) is 5.58 Å². The Bertz CT molecular complexity index is 859. The van der Waals surface area contributed by atoms with Gasteiger partial charge in [0, 0.05) is 29.8 Å². The number of urea groups is 1. The molecular weight excluding hydrogens is 280 g/mol. The van der Waals surface area contributed by atoms with Crippen LogP contribution in [0.1, 0.15) is 11.5 Å². The Kier molecular flexibility index (Phi) is 2.92. The molecule has 2 amide bonds. The van der Waals surface area contributed by atoms with Crippen molar-refractivity contribution in [3.8, 4) is 5.75 Å². The van der Waals surface area contributed by atoms with Gasteiger partial charge in [0.15, 0.2) is 11.3 Å². The monoisotopic (exact) mass is 296 g/mol. The summed E-state index contributed by atoms with van der Waals surface area (Å²) < 4.78 is 11.4. The predicted octanol–water partition coefficient (Wildman–Crippen LogP) is 2.99. The largest absolute Gasteiger partial charge is 0.493 e. The summed E-state index contributed by atoms with van der Waals surface area (Å²) in [6.07, 6.45) is 0. The number of furan rings is 1. The summed E-state index contributed by atoms with van der Waals surface area (Å²) in [5.41, 5.74) is 2.77. The number of carbonyl (C=O) groups is 1. The van der Waals surface area contributed by atoms with Crippen LogP contribution < -0.4 is 15.4 Å². The fourth-order valence-electron chi connectivity index (χ4n) is 3.12. The number of hydrogen-bond acceptors (Lipinski definition) is 3. The Balaban J connectivity index is 1.96. The number of para-hydroxylation sites is 1. The van der Waals surface area contributed by atoms with E-state index in [0.29, 0.717) is 13.1 Å². The molecule has 1 aromatic heterocycles. The first-order valence-corrected chi connectivity index (χ1v) is 7.28. The maximum Gasteiger partial charge on any atom is 0.314 e. The van der Waals surface area contributed by atoms with E-state index in [1.54, 1.807) is 7.11 Å². The SMILES string of the molecule is COc1ccc(C2CNC(=O)NC2)c2c1oc1ccccc12. The van der Waals surface area contributed by atoms with Crippen molar-refractivity contribution < 1.29 is 13.9 Å². The van der Waals surface area contributed by atoms with Gasteiger partial charge >= 0.3 is 6.03 Å². The number of ether oxygens (including phenoxy) is 1. The van der Waals surface area contributed by atoms with E-state index in [9.17, 15) is 4.79 Å². The highest BCUT2D eigenvalue weighted by Gasteiger charge is 2.24. The summed E-state index contributed by atoms with van der Waals surface area (Å²) in [4.78, 5) is 11.3. The van der Waals surface area contributed by atoms with Crippen molar-refractivity contribution in [3.63, 3.8) is 0 Å². The lowest BCUT2D eigenvalue weighted by molar-refractivity contribution is 0.234. The molecule has 3 aromatic rings. The van der Waals surface area contributed by atoms with Crippen LogP contribution in [0.4, 0.5) is 4.79 Å². The molecule has 0 saturated carbocycles. The normalized spacial score (nSPS) is 15.8. The van der Waals surface area contributed by atoms with E-state index in [4.69, 9.17) is 9.15 Å². The van der Waals surface area contributed by atoms with Crippen molar-refractivity contribution in [1.82, 2.24) is 10.6 Å². The van der Waals surface area contributed by atoms with E-state index in [2.05, 4.69) is 22.8 Å². The van der Waals surface area contributed by atoms with Gasteiger partial charge in [0.2, 0.25) is 0 Å². The topological polar surface area (TPSA) is 63.5 Å². The quantitative estimate of drug-likeness (QED) is 0.764. The molecule has 1 saturated heterocycles. The molecule has 1 fully saturated rings. The van der Waals surface area contributed by atoms with Crippen molar-refractivity contribution in [1.29, 1.82) is 0 Å². The Labute approximate surface area is 127 Å². The maximum absolute atomic E-state index is 11.3. The summed E-state index contributed by atoms with van der Waals surface area (Å²) in [6.45, 7) is 1.24. The second-order valence-electron chi connectivity index (χ2n) is 5.45. The zero-order valence-electron chi connectivity index (χ0n) is 12.2. The first-order valence-electron chi connectivity index (χ1n) is 7.28. The zero-order valence-corrected chi connectivity index (χ0v) is 12.2. The van der Waals surface area contributed by atoms with Crippen LogP contribution >= 0.6 is 0 Å². The number of fused-ring (bicyclic) bond motifs is 3. The molecule has 2 N–H and O–H groups in total. The van der Waals surface area contributed by atoms with Gasteiger partial charge in [-0.05, 0) is 17.7 Å². The van der Waals surface area contributed by atoms with Crippen molar-refractivity contribution in [2.45, 2.75) is 5.92 Å². The molecule has 0 aliphatic carbocycles. The molecule has 2 aromatic carbocycles. The average molecular weight is 296 g/mol. The number of hydrogen-bond donors (Lipinski definition) is 2. The van der Waals surface area contributed by atoms with Gasteiger partial charge < -0.3 is 19.8 Å². The minimum absolute atomic E-state index is 0.113.